The third kappa shape index (κ3) is 5.02. The fourth-order valence-corrected chi connectivity index (χ4v) is 4.26. The summed E-state index contributed by atoms with van der Waals surface area (Å²) in [6.45, 7) is 8.19. The molecule has 1 unspecified atom stereocenters. The molecule has 0 saturated carbocycles. The van der Waals surface area contributed by atoms with E-state index in [-0.39, 0.29) is 17.8 Å². The van der Waals surface area contributed by atoms with Crippen LogP contribution in [0.2, 0.25) is 0 Å². The number of anilines is 1. The van der Waals surface area contributed by atoms with Gasteiger partial charge in [0, 0.05) is 30.9 Å². The molecule has 4 heterocycles. The maximum Gasteiger partial charge on any atom is 0.244 e. The van der Waals surface area contributed by atoms with Crippen LogP contribution in [-0.2, 0) is 11.1 Å². The van der Waals surface area contributed by atoms with E-state index in [0.29, 0.717) is 48.8 Å². The van der Waals surface area contributed by atoms with Gasteiger partial charge < -0.3 is 14.6 Å². The molecule has 1 aliphatic rings. The predicted octanol–water partition coefficient (Wildman–Crippen LogP) is 1.51. The molecule has 3 aromatic heterocycles. The van der Waals surface area contributed by atoms with E-state index in [1.807, 2.05) is 4.90 Å². The zero-order valence-electron chi connectivity index (χ0n) is 17.8. The lowest BCUT2D eigenvalue weighted by Crippen LogP contribution is -2.46. The van der Waals surface area contributed by atoms with Crippen LogP contribution in [0, 0.1) is 11.8 Å². The Balaban J connectivity index is 1.57. The Labute approximate surface area is 182 Å². The first-order valence-corrected chi connectivity index (χ1v) is 11.6. The Bertz CT molecular complexity index is 1040. The van der Waals surface area contributed by atoms with Crippen molar-refractivity contribution in [2.45, 2.75) is 33.2 Å². The van der Waals surface area contributed by atoms with E-state index in [9.17, 15) is 8.76 Å². The van der Waals surface area contributed by atoms with Crippen molar-refractivity contribution < 1.29 is 13.5 Å². The number of nitrogens with zero attached hydrogens (tertiary/aromatic N) is 6. The number of H-pyrrole nitrogens is 1. The number of rotatable bonds is 8. The van der Waals surface area contributed by atoms with Gasteiger partial charge in [-0.15, -0.1) is 5.10 Å². The van der Waals surface area contributed by atoms with Crippen molar-refractivity contribution in [1.82, 2.24) is 34.7 Å². The number of aromatic nitrogens is 6. The standard InChI is InChI=1S/C19H28N8O3S/c1-12(2)10-30-18-17(14-6-21-22-7-14)20-8-16-24-19(25-27(16)18)23-15-4-5-26(9-13(15)3)11-31(28)29/h6-8,12-13,15H,4-5,9-11H2,1-3H3,(H,21,22)(H,23,25)(H,28,29)/p-1/t13-,15+/m1/s1. The summed E-state index contributed by atoms with van der Waals surface area (Å²) in [6.07, 6.45) is 5.93. The van der Waals surface area contributed by atoms with Crippen molar-refractivity contribution in [2.24, 2.45) is 11.8 Å². The summed E-state index contributed by atoms with van der Waals surface area (Å²) in [7, 11) is 0. The molecule has 0 aromatic carbocycles. The number of hydrogen-bond donors (Lipinski definition) is 2. The van der Waals surface area contributed by atoms with Gasteiger partial charge in [-0.2, -0.15) is 14.6 Å². The molecule has 0 bridgehead atoms. The molecule has 2 N–H and O–H groups in total. The Kier molecular flexibility index (Phi) is 6.49. The SMILES string of the molecule is CC(C)COc1c(-c2cn[nH]c2)ncc2nc(N[C@H]3CCN(CS(=O)[O-])C[C@H]3C)nn12. The second kappa shape index (κ2) is 9.28. The molecule has 11 nitrogen and oxygen atoms in total. The van der Waals surface area contributed by atoms with Crippen LogP contribution in [0.5, 0.6) is 5.88 Å². The fourth-order valence-electron chi connectivity index (χ4n) is 3.73. The maximum atomic E-state index is 11.0. The minimum absolute atomic E-state index is 0.0721. The average molecular weight is 448 g/mol. The highest BCUT2D eigenvalue weighted by molar-refractivity contribution is 7.79. The number of aromatic amines is 1. The third-order valence-electron chi connectivity index (χ3n) is 5.25. The topological polar surface area (TPSA) is 136 Å². The van der Waals surface area contributed by atoms with Crippen LogP contribution < -0.4 is 10.1 Å². The van der Waals surface area contributed by atoms with Crippen molar-refractivity contribution in [3.8, 4) is 17.1 Å². The van der Waals surface area contributed by atoms with Crippen LogP contribution in [0.3, 0.4) is 0 Å². The number of nitrogens with one attached hydrogen (secondary N) is 2. The Hall–Kier alpha value is -2.57. The average Bonchev–Trinajstić information content (AvgIpc) is 3.37. The Morgan fingerprint density at radius 2 is 2.26 bits per heavy atom. The smallest absolute Gasteiger partial charge is 0.244 e. The highest BCUT2D eigenvalue weighted by Crippen LogP contribution is 2.29. The number of fused-ring (bicyclic) bond motifs is 1. The van der Waals surface area contributed by atoms with Crippen LogP contribution in [0.15, 0.2) is 18.6 Å². The Morgan fingerprint density at radius 1 is 1.42 bits per heavy atom. The third-order valence-corrected chi connectivity index (χ3v) is 5.83. The van der Waals surface area contributed by atoms with Gasteiger partial charge in [0.25, 0.3) is 0 Å². The summed E-state index contributed by atoms with van der Waals surface area (Å²) in [6, 6.07) is 0.148. The zero-order chi connectivity index (χ0) is 22.0. The van der Waals surface area contributed by atoms with Crippen LogP contribution in [0.1, 0.15) is 27.2 Å². The molecule has 1 aliphatic heterocycles. The quantitative estimate of drug-likeness (QED) is 0.492. The lowest BCUT2D eigenvalue weighted by atomic mass is 9.94. The minimum atomic E-state index is -2.06. The minimum Gasteiger partial charge on any atom is -0.771 e. The molecule has 3 atom stereocenters. The van der Waals surface area contributed by atoms with Crippen LogP contribution >= 0.6 is 0 Å². The summed E-state index contributed by atoms with van der Waals surface area (Å²) < 4.78 is 29.7. The molecule has 31 heavy (non-hydrogen) atoms. The number of ether oxygens (including phenoxy) is 1. The van der Waals surface area contributed by atoms with Gasteiger partial charge in [-0.05, 0) is 29.3 Å². The second-order valence-corrected chi connectivity index (χ2v) is 9.20. The first-order chi connectivity index (χ1) is 14.9. The van der Waals surface area contributed by atoms with Gasteiger partial charge in [0.2, 0.25) is 11.8 Å². The normalized spacial score (nSPS) is 20.9. The summed E-state index contributed by atoms with van der Waals surface area (Å²) in [5.74, 6) is 1.68. The lowest BCUT2D eigenvalue weighted by molar-refractivity contribution is 0.194. The van der Waals surface area contributed by atoms with Crippen molar-refractivity contribution >= 4 is 22.7 Å². The summed E-state index contributed by atoms with van der Waals surface area (Å²) in [4.78, 5) is 11.1. The molecule has 4 rings (SSSR count). The van der Waals surface area contributed by atoms with Gasteiger partial charge in [0.15, 0.2) is 5.65 Å². The van der Waals surface area contributed by atoms with E-state index in [1.165, 1.54) is 0 Å². The number of hydrogen-bond acceptors (Lipinski definition) is 9. The fraction of sp³-hybridized carbons (Fsp3) is 0.579. The second-order valence-electron chi connectivity index (χ2n) is 8.34. The highest BCUT2D eigenvalue weighted by Gasteiger charge is 2.27. The summed E-state index contributed by atoms with van der Waals surface area (Å²) >= 11 is -2.06. The van der Waals surface area contributed by atoms with E-state index in [2.05, 4.69) is 51.4 Å². The number of piperidine rings is 1. The highest BCUT2D eigenvalue weighted by atomic mass is 32.2. The van der Waals surface area contributed by atoms with Crippen molar-refractivity contribution in [3.05, 3.63) is 18.6 Å². The summed E-state index contributed by atoms with van der Waals surface area (Å²) in [5, 5.41) is 14.9. The van der Waals surface area contributed by atoms with Gasteiger partial charge in [0.05, 0.1) is 24.9 Å². The maximum absolute atomic E-state index is 11.0. The molecule has 12 heteroatoms. The largest absolute Gasteiger partial charge is 0.771 e. The van der Waals surface area contributed by atoms with E-state index in [1.54, 1.807) is 23.1 Å². The van der Waals surface area contributed by atoms with Gasteiger partial charge in [-0.3, -0.25) is 14.2 Å². The van der Waals surface area contributed by atoms with E-state index in [0.717, 1.165) is 12.0 Å². The first kappa shape index (κ1) is 21.7. The van der Waals surface area contributed by atoms with Crippen LogP contribution in [0.25, 0.3) is 16.9 Å². The van der Waals surface area contributed by atoms with E-state index < -0.39 is 11.1 Å². The molecule has 1 saturated heterocycles. The first-order valence-electron chi connectivity index (χ1n) is 10.3. The van der Waals surface area contributed by atoms with Gasteiger partial charge >= 0.3 is 0 Å². The predicted molar refractivity (Wildman–Crippen MR) is 115 cm³/mol. The molecule has 0 radical (unpaired) electrons. The van der Waals surface area contributed by atoms with Crippen LogP contribution in [0.4, 0.5) is 5.95 Å². The monoisotopic (exact) mass is 447 g/mol. The van der Waals surface area contributed by atoms with E-state index in [4.69, 9.17) is 4.74 Å². The molecular weight excluding hydrogens is 420 g/mol. The van der Waals surface area contributed by atoms with Crippen molar-refractivity contribution in [2.75, 3.05) is 30.9 Å². The van der Waals surface area contributed by atoms with Crippen LogP contribution in [-0.4, -0.2) is 75.1 Å². The molecule has 168 valence electrons. The molecular formula is C19H27N8O3S-. The molecule has 0 amide bonds. The van der Waals surface area contributed by atoms with Crippen molar-refractivity contribution in [1.29, 1.82) is 0 Å². The lowest BCUT2D eigenvalue weighted by Gasteiger charge is -2.37. The summed E-state index contributed by atoms with van der Waals surface area (Å²) in [5.41, 5.74) is 2.04. The van der Waals surface area contributed by atoms with E-state index >= 15 is 0 Å². The van der Waals surface area contributed by atoms with Gasteiger partial charge in [0.1, 0.15) is 5.69 Å². The molecule has 1 fully saturated rings. The van der Waals surface area contributed by atoms with Gasteiger partial charge in [-0.1, -0.05) is 20.8 Å². The zero-order valence-corrected chi connectivity index (χ0v) is 18.6. The Morgan fingerprint density at radius 3 is 2.94 bits per heavy atom. The van der Waals surface area contributed by atoms with Gasteiger partial charge in [-0.25, -0.2) is 4.98 Å². The molecule has 0 spiro atoms. The molecule has 3 aromatic rings. The van der Waals surface area contributed by atoms with Crippen molar-refractivity contribution in [3.63, 3.8) is 0 Å². The molecule has 0 aliphatic carbocycles. The number of likely N-dealkylation sites (tertiary alicyclic amines) is 1.